The minimum Gasteiger partial charge on any atom is -0.621 e. The largest absolute Gasteiger partial charge is 0.621 e. The normalized spacial score (nSPS) is 29.5. The van der Waals surface area contributed by atoms with Gasteiger partial charge in [-0.25, -0.2) is 4.79 Å². The second-order valence-corrected chi connectivity index (χ2v) is 4.11. The zero-order chi connectivity index (χ0) is 10.1. The first-order chi connectivity index (χ1) is 6.70. The van der Waals surface area contributed by atoms with Crippen molar-refractivity contribution >= 4 is 11.7 Å². The molecule has 1 atom stereocenters. The molecule has 1 unspecified atom stereocenters. The second-order valence-electron chi connectivity index (χ2n) is 4.11. The Morgan fingerprint density at radius 1 is 1.36 bits per heavy atom. The topological polar surface area (TPSA) is 52.4 Å². The molecule has 0 N–H and O–H groups in total. The molecule has 4 heteroatoms. The van der Waals surface area contributed by atoms with Crippen molar-refractivity contribution < 1.29 is 14.3 Å². The van der Waals surface area contributed by atoms with Crippen molar-refractivity contribution in [3.8, 4) is 0 Å². The van der Waals surface area contributed by atoms with Crippen molar-refractivity contribution in [3.05, 3.63) is 5.21 Å². The molecular weight excluding hydrogens is 182 g/mol. The molecule has 0 aromatic rings. The van der Waals surface area contributed by atoms with E-state index in [1.165, 1.54) is 13.3 Å². The molecule has 1 aliphatic heterocycles. The molecule has 0 aromatic heterocycles. The van der Waals surface area contributed by atoms with Gasteiger partial charge in [-0.2, -0.15) is 4.74 Å². The molecule has 2 aliphatic rings. The number of ether oxygens (including phenoxy) is 1. The molecular formula is C10H15NO3. The number of rotatable bonds is 1. The summed E-state index contributed by atoms with van der Waals surface area (Å²) >= 11 is 0. The predicted octanol–water partition coefficient (Wildman–Crippen LogP) is 1.42. The fourth-order valence-electron chi connectivity index (χ4n) is 2.23. The van der Waals surface area contributed by atoms with Crippen LogP contribution in [-0.4, -0.2) is 22.6 Å². The highest BCUT2D eigenvalue weighted by Crippen LogP contribution is 2.30. The van der Waals surface area contributed by atoms with E-state index in [4.69, 9.17) is 4.74 Å². The molecule has 0 amide bonds. The third-order valence-electron chi connectivity index (χ3n) is 3.14. The zero-order valence-electron chi connectivity index (χ0n) is 8.36. The first kappa shape index (κ1) is 9.49. The number of hydroxylamine groups is 1. The van der Waals surface area contributed by atoms with Gasteiger partial charge in [0.25, 0.3) is 5.71 Å². The van der Waals surface area contributed by atoms with Crippen molar-refractivity contribution in [2.75, 3.05) is 0 Å². The molecule has 1 aliphatic carbocycles. The summed E-state index contributed by atoms with van der Waals surface area (Å²) in [5.41, 5.74) is 0.195. The van der Waals surface area contributed by atoms with E-state index < -0.39 is 12.2 Å². The second kappa shape index (κ2) is 3.59. The van der Waals surface area contributed by atoms with Gasteiger partial charge in [0.1, 0.15) is 0 Å². The average molecular weight is 197 g/mol. The smallest absolute Gasteiger partial charge is 0.404 e. The highest BCUT2D eigenvalue weighted by atomic mass is 16.6. The molecule has 2 rings (SSSR count). The van der Waals surface area contributed by atoms with E-state index in [0.717, 1.165) is 30.4 Å². The molecule has 1 saturated carbocycles. The summed E-state index contributed by atoms with van der Waals surface area (Å²) in [4.78, 5) is 11.1. The van der Waals surface area contributed by atoms with Gasteiger partial charge in [-0.15, -0.1) is 0 Å². The third-order valence-corrected chi connectivity index (χ3v) is 3.14. The van der Waals surface area contributed by atoms with E-state index >= 15 is 0 Å². The van der Waals surface area contributed by atoms with Gasteiger partial charge in [-0.1, -0.05) is 19.3 Å². The SMILES string of the molecule is CC1=[N+]([O-])C(C2CCCCC2)OC1=O. The quantitative estimate of drug-likeness (QED) is 0.363. The molecule has 1 heterocycles. The van der Waals surface area contributed by atoms with E-state index in [9.17, 15) is 10.0 Å². The lowest BCUT2D eigenvalue weighted by atomic mass is 9.88. The molecule has 14 heavy (non-hydrogen) atoms. The fourth-order valence-corrected chi connectivity index (χ4v) is 2.23. The van der Waals surface area contributed by atoms with Gasteiger partial charge in [0.05, 0.1) is 5.92 Å². The molecule has 78 valence electrons. The number of cyclic esters (lactones) is 1. The van der Waals surface area contributed by atoms with Crippen molar-refractivity contribution in [3.63, 3.8) is 0 Å². The van der Waals surface area contributed by atoms with Gasteiger partial charge in [-0.05, 0) is 12.8 Å². The van der Waals surface area contributed by atoms with E-state index in [1.807, 2.05) is 0 Å². The Labute approximate surface area is 83.1 Å². The van der Waals surface area contributed by atoms with Gasteiger partial charge in [0, 0.05) is 6.92 Å². The van der Waals surface area contributed by atoms with Crippen LogP contribution in [-0.2, 0) is 9.53 Å². The van der Waals surface area contributed by atoms with E-state index in [0.29, 0.717) is 0 Å². The maximum absolute atomic E-state index is 11.5. The van der Waals surface area contributed by atoms with Gasteiger partial charge >= 0.3 is 12.2 Å². The van der Waals surface area contributed by atoms with Crippen molar-refractivity contribution in [2.45, 2.75) is 45.3 Å². The predicted molar refractivity (Wildman–Crippen MR) is 50.8 cm³/mol. The van der Waals surface area contributed by atoms with Gasteiger partial charge < -0.3 is 9.94 Å². The molecule has 4 nitrogen and oxygen atoms in total. The number of hydrogen-bond acceptors (Lipinski definition) is 3. The Morgan fingerprint density at radius 2 is 2.00 bits per heavy atom. The van der Waals surface area contributed by atoms with Crippen molar-refractivity contribution in [1.82, 2.24) is 0 Å². The van der Waals surface area contributed by atoms with Gasteiger partial charge in [0.2, 0.25) is 0 Å². The van der Waals surface area contributed by atoms with E-state index in [-0.39, 0.29) is 11.6 Å². The van der Waals surface area contributed by atoms with Crippen LogP contribution in [0.1, 0.15) is 39.0 Å². The molecule has 1 fully saturated rings. The molecule has 0 aromatic carbocycles. The fraction of sp³-hybridized carbons (Fsp3) is 0.800. The lowest BCUT2D eigenvalue weighted by Gasteiger charge is -2.24. The first-order valence-corrected chi connectivity index (χ1v) is 5.21. The summed E-state index contributed by atoms with van der Waals surface area (Å²) < 4.78 is 5.81. The molecule has 0 saturated heterocycles. The minimum atomic E-state index is -0.539. The Balaban J connectivity index is 2.09. The Bertz CT molecular complexity index is 279. The summed E-state index contributed by atoms with van der Waals surface area (Å²) in [5.74, 6) is -0.210. The molecule has 0 spiro atoms. The molecule has 0 bridgehead atoms. The van der Waals surface area contributed by atoms with Crippen LogP contribution in [0.25, 0.3) is 0 Å². The first-order valence-electron chi connectivity index (χ1n) is 5.21. The van der Waals surface area contributed by atoms with Crippen LogP contribution >= 0.6 is 0 Å². The standard InChI is InChI=1S/C10H15NO3/c1-7-10(12)14-9(11(7)13)8-5-3-2-4-6-8/h8-9H,2-6H2,1H3. The number of esters is 1. The Kier molecular flexibility index (Phi) is 2.44. The summed E-state index contributed by atoms with van der Waals surface area (Å²) in [5, 5.41) is 11.5. The lowest BCUT2D eigenvalue weighted by Crippen LogP contribution is -2.30. The van der Waals surface area contributed by atoms with E-state index in [2.05, 4.69) is 0 Å². The summed E-state index contributed by atoms with van der Waals surface area (Å²) in [6, 6.07) is 0. The Morgan fingerprint density at radius 3 is 2.50 bits per heavy atom. The lowest BCUT2D eigenvalue weighted by molar-refractivity contribution is -0.547. The van der Waals surface area contributed by atoms with Crippen molar-refractivity contribution in [2.24, 2.45) is 5.92 Å². The highest BCUT2D eigenvalue weighted by Gasteiger charge is 2.41. The Hall–Kier alpha value is -1.06. The maximum atomic E-state index is 11.5. The number of carbonyl (C=O) groups is 1. The van der Waals surface area contributed by atoms with Crippen LogP contribution in [0, 0.1) is 11.1 Å². The van der Waals surface area contributed by atoms with Gasteiger partial charge in [-0.3, -0.25) is 0 Å². The highest BCUT2D eigenvalue weighted by molar-refractivity contribution is 6.33. The third kappa shape index (κ3) is 1.49. The van der Waals surface area contributed by atoms with Crippen LogP contribution in [0.2, 0.25) is 0 Å². The summed E-state index contributed by atoms with van der Waals surface area (Å²) in [7, 11) is 0. The van der Waals surface area contributed by atoms with E-state index in [1.54, 1.807) is 0 Å². The van der Waals surface area contributed by atoms with Crippen LogP contribution in [0.4, 0.5) is 0 Å². The zero-order valence-corrected chi connectivity index (χ0v) is 8.36. The minimum absolute atomic E-state index is 0.195. The number of nitrogens with zero attached hydrogens (tertiary/aromatic N) is 1. The summed E-state index contributed by atoms with van der Waals surface area (Å²) in [6.07, 6.45) is 4.99. The average Bonchev–Trinajstić information content (AvgIpc) is 2.47. The monoisotopic (exact) mass is 197 g/mol. The molecule has 0 radical (unpaired) electrons. The number of carbonyl (C=O) groups excluding carboxylic acids is 1. The van der Waals surface area contributed by atoms with Crippen molar-refractivity contribution in [1.29, 1.82) is 0 Å². The summed E-state index contributed by atoms with van der Waals surface area (Å²) in [6.45, 7) is 1.53. The van der Waals surface area contributed by atoms with Crippen LogP contribution in [0.5, 0.6) is 0 Å². The van der Waals surface area contributed by atoms with Crippen LogP contribution in [0.3, 0.4) is 0 Å². The van der Waals surface area contributed by atoms with Crippen LogP contribution < -0.4 is 0 Å². The van der Waals surface area contributed by atoms with Gasteiger partial charge in [0.15, 0.2) is 0 Å². The maximum Gasteiger partial charge on any atom is 0.404 e. The number of hydrogen-bond donors (Lipinski definition) is 0. The van der Waals surface area contributed by atoms with Crippen LogP contribution in [0.15, 0.2) is 0 Å².